The molecule has 174 valence electrons. The zero-order chi connectivity index (χ0) is 23.3. The van der Waals surface area contributed by atoms with E-state index < -0.39 is 11.9 Å². The summed E-state index contributed by atoms with van der Waals surface area (Å²) in [4.78, 5) is 19.6. The first-order valence-electron chi connectivity index (χ1n) is 10.9. The molecule has 1 saturated heterocycles. The number of aryl methyl sites for hydroxylation is 1. The lowest BCUT2D eigenvalue weighted by atomic mass is 9.96. The Morgan fingerprint density at radius 3 is 2.33 bits per heavy atom. The first-order valence-corrected chi connectivity index (χ1v) is 11.3. The number of rotatable bonds is 4. The average Bonchev–Trinajstić information content (AvgIpc) is 3.40. The van der Waals surface area contributed by atoms with E-state index in [0.29, 0.717) is 61.1 Å². The summed E-state index contributed by atoms with van der Waals surface area (Å²) in [6, 6.07) is 7.31. The van der Waals surface area contributed by atoms with E-state index in [1.54, 1.807) is 36.1 Å². The molecule has 6 nitrogen and oxygen atoms in total. The highest BCUT2D eigenvalue weighted by Crippen LogP contribution is 2.46. The third-order valence-electron chi connectivity index (χ3n) is 6.27. The summed E-state index contributed by atoms with van der Waals surface area (Å²) < 4.78 is 48.4. The Bertz CT molecular complexity index is 1170. The Labute approximate surface area is 193 Å². The lowest BCUT2D eigenvalue weighted by Gasteiger charge is -2.31. The van der Waals surface area contributed by atoms with E-state index in [9.17, 15) is 18.0 Å². The van der Waals surface area contributed by atoms with Crippen molar-refractivity contribution >= 4 is 17.5 Å². The average molecular weight is 479 g/mol. The standard InChI is InChI=1S/C23H22ClF3N4O2/c1-13-28-21(33-29-13)15-8-10-30(11-9-15)22(32)20-18(14-2-4-16(24)5-3-14)12-19(23(25,26)27)31(20)17-6-7-17/h2-5,12,15,17H,6-11H2,1H3. The first-order chi connectivity index (χ1) is 15.7. The van der Waals surface area contributed by atoms with E-state index in [4.69, 9.17) is 16.1 Å². The van der Waals surface area contributed by atoms with Crippen molar-refractivity contribution in [3.05, 3.63) is 58.5 Å². The van der Waals surface area contributed by atoms with E-state index >= 15 is 0 Å². The number of amides is 1. The van der Waals surface area contributed by atoms with E-state index in [0.717, 1.165) is 6.07 Å². The SMILES string of the molecule is Cc1noc(C2CCN(C(=O)c3c(-c4ccc(Cl)cc4)cc(C(F)(F)F)n3C3CC3)CC2)n1. The summed E-state index contributed by atoms with van der Waals surface area (Å²) in [5.41, 5.74) is 0.128. The molecule has 1 aliphatic heterocycles. The highest BCUT2D eigenvalue weighted by Gasteiger charge is 2.43. The number of likely N-dealkylation sites (tertiary alicyclic amines) is 1. The fraction of sp³-hybridized carbons (Fsp3) is 0.435. The van der Waals surface area contributed by atoms with Crippen LogP contribution in [0.1, 0.15) is 65.5 Å². The fourth-order valence-electron chi connectivity index (χ4n) is 4.48. The smallest absolute Gasteiger partial charge is 0.339 e. The Hall–Kier alpha value is -2.81. The third-order valence-corrected chi connectivity index (χ3v) is 6.52. The molecule has 5 rings (SSSR count). The summed E-state index contributed by atoms with van der Waals surface area (Å²) in [7, 11) is 0. The molecule has 1 amide bonds. The van der Waals surface area contributed by atoms with Crippen LogP contribution in [0.3, 0.4) is 0 Å². The van der Waals surface area contributed by atoms with Gasteiger partial charge in [-0.2, -0.15) is 18.2 Å². The van der Waals surface area contributed by atoms with E-state index in [-0.39, 0.29) is 29.1 Å². The molecule has 3 aromatic rings. The number of aromatic nitrogens is 3. The number of carbonyl (C=O) groups is 1. The van der Waals surface area contributed by atoms with Crippen LogP contribution in [0.15, 0.2) is 34.9 Å². The Morgan fingerprint density at radius 2 is 1.79 bits per heavy atom. The Kier molecular flexibility index (Phi) is 5.47. The fourth-order valence-corrected chi connectivity index (χ4v) is 4.61. The molecule has 33 heavy (non-hydrogen) atoms. The zero-order valence-electron chi connectivity index (χ0n) is 17.9. The Morgan fingerprint density at radius 1 is 1.12 bits per heavy atom. The second-order valence-corrected chi connectivity index (χ2v) is 9.08. The molecular formula is C23H22ClF3N4O2. The predicted octanol–water partition coefficient (Wildman–Crippen LogP) is 5.87. The molecule has 2 fully saturated rings. The van der Waals surface area contributed by atoms with Gasteiger partial charge in [0.1, 0.15) is 11.4 Å². The first kappa shape index (κ1) is 22.0. The van der Waals surface area contributed by atoms with Crippen molar-refractivity contribution in [2.45, 2.75) is 50.7 Å². The van der Waals surface area contributed by atoms with Crippen LogP contribution in [-0.4, -0.2) is 38.6 Å². The topological polar surface area (TPSA) is 64.2 Å². The quantitative estimate of drug-likeness (QED) is 0.470. The van der Waals surface area contributed by atoms with Crippen molar-refractivity contribution in [2.75, 3.05) is 13.1 Å². The highest BCUT2D eigenvalue weighted by molar-refractivity contribution is 6.30. The van der Waals surface area contributed by atoms with Gasteiger partial charge in [-0.3, -0.25) is 4.79 Å². The number of hydrogen-bond acceptors (Lipinski definition) is 4. The van der Waals surface area contributed by atoms with Gasteiger partial charge in [0.2, 0.25) is 5.89 Å². The lowest BCUT2D eigenvalue weighted by Crippen LogP contribution is -2.39. The van der Waals surface area contributed by atoms with Crippen molar-refractivity contribution in [1.82, 2.24) is 19.6 Å². The molecule has 0 N–H and O–H groups in total. The van der Waals surface area contributed by atoms with E-state index in [2.05, 4.69) is 10.1 Å². The lowest BCUT2D eigenvalue weighted by molar-refractivity contribution is -0.143. The molecule has 0 spiro atoms. The summed E-state index contributed by atoms with van der Waals surface area (Å²) in [6.07, 6.45) is -2.10. The Balaban J connectivity index is 1.50. The van der Waals surface area contributed by atoms with Gasteiger partial charge in [0, 0.05) is 35.6 Å². The van der Waals surface area contributed by atoms with Crippen LogP contribution in [0.4, 0.5) is 13.2 Å². The molecule has 0 radical (unpaired) electrons. The van der Waals surface area contributed by atoms with Gasteiger partial charge in [0.05, 0.1) is 0 Å². The third kappa shape index (κ3) is 4.26. The molecule has 1 aliphatic carbocycles. The van der Waals surface area contributed by atoms with Crippen molar-refractivity contribution < 1.29 is 22.5 Å². The number of halogens is 4. The van der Waals surface area contributed by atoms with Gasteiger partial charge in [-0.15, -0.1) is 0 Å². The number of nitrogens with zero attached hydrogens (tertiary/aromatic N) is 4. The molecule has 1 aromatic carbocycles. The van der Waals surface area contributed by atoms with Gasteiger partial charge < -0.3 is 14.0 Å². The second kappa shape index (κ2) is 8.20. The van der Waals surface area contributed by atoms with Crippen LogP contribution in [0.25, 0.3) is 11.1 Å². The van der Waals surface area contributed by atoms with Gasteiger partial charge in [0.25, 0.3) is 5.91 Å². The van der Waals surface area contributed by atoms with E-state index in [1.807, 2.05) is 0 Å². The monoisotopic (exact) mass is 478 g/mol. The zero-order valence-corrected chi connectivity index (χ0v) is 18.7. The van der Waals surface area contributed by atoms with Crippen LogP contribution < -0.4 is 0 Å². The molecule has 1 saturated carbocycles. The minimum Gasteiger partial charge on any atom is -0.339 e. The van der Waals surface area contributed by atoms with Gasteiger partial charge in [0.15, 0.2) is 5.82 Å². The van der Waals surface area contributed by atoms with Crippen LogP contribution in [-0.2, 0) is 6.18 Å². The van der Waals surface area contributed by atoms with Gasteiger partial charge >= 0.3 is 6.18 Å². The largest absolute Gasteiger partial charge is 0.431 e. The predicted molar refractivity (Wildman–Crippen MR) is 115 cm³/mol. The van der Waals surface area contributed by atoms with Crippen LogP contribution in [0, 0.1) is 6.92 Å². The number of alkyl halides is 3. The van der Waals surface area contributed by atoms with Crippen molar-refractivity contribution in [2.24, 2.45) is 0 Å². The second-order valence-electron chi connectivity index (χ2n) is 8.64. The van der Waals surface area contributed by atoms with E-state index in [1.165, 1.54) is 4.57 Å². The molecule has 0 bridgehead atoms. The van der Waals surface area contributed by atoms with Crippen LogP contribution >= 0.6 is 11.6 Å². The summed E-state index contributed by atoms with van der Waals surface area (Å²) in [6.45, 7) is 2.55. The van der Waals surface area contributed by atoms with Crippen molar-refractivity contribution in [3.8, 4) is 11.1 Å². The number of hydrogen-bond donors (Lipinski definition) is 0. The highest BCUT2D eigenvalue weighted by atomic mass is 35.5. The molecule has 3 heterocycles. The molecule has 2 aromatic heterocycles. The number of benzene rings is 1. The molecular weight excluding hydrogens is 457 g/mol. The summed E-state index contributed by atoms with van der Waals surface area (Å²) >= 11 is 5.98. The molecule has 0 atom stereocenters. The van der Waals surface area contributed by atoms with Crippen molar-refractivity contribution in [1.29, 1.82) is 0 Å². The summed E-state index contributed by atoms with van der Waals surface area (Å²) in [5, 5.41) is 4.30. The maximum absolute atomic E-state index is 14.0. The van der Waals surface area contributed by atoms with Gasteiger partial charge in [-0.25, -0.2) is 0 Å². The number of carbonyl (C=O) groups excluding carboxylic acids is 1. The van der Waals surface area contributed by atoms with Crippen molar-refractivity contribution in [3.63, 3.8) is 0 Å². The minimum atomic E-state index is -4.56. The normalized spacial score (nSPS) is 17.5. The van der Waals surface area contributed by atoms with Crippen LogP contribution in [0.2, 0.25) is 5.02 Å². The molecule has 2 aliphatic rings. The molecule has 0 unspecified atom stereocenters. The maximum Gasteiger partial charge on any atom is 0.431 e. The maximum atomic E-state index is 14.0. The van der Waals surface area contributed by atoms with Crippen LogP contribution in [0.5, 0.6) is 0 Å². The molecule has 10 heteroatoms. The number of piperidine rings is 1. The van der Waals surface area contributed by atoms with Gasteiger partial charge in [-0.1, -0.05) is 28.9 Å². The summed E-state index contributed by atoms with van der Waals surface area (Å²) in [5.74, 6) is 0.745. The minimum absolute atomic E-state index is 0.0342. The van der Waals surface area contributed by atoms with Gasteiger partial charge in [-0.05, 0) is 56.4 Å².